The van der Waals surface area contributed by atoms with Gasteiger partial charge in [0.25, 0.3) is 0 Å². The van der Waals surface area contributed by atoms with E-state index in [1.807, 2.05) is 0 Å². The summed E-state index contributed by atoms with van der Waals surface area (Å²) in [7, 11) is -0.0460. The molecule has 0 saturated heterocycles. The molecule has 0 amide bonds. The second kappa shape index (κ2) is 7.77. The van der Waals surface area contributed by atoms with Gasteiger partial charge in [-0.05, 0) is 45.0 Å². The minimum absolute atomic E-state index is 0.0460. The molecule has 0 heterocycles. The number of hydrogen-bond acceptors (Lipinski definition) is 0. The van der Waals surface area contributed by atoms with Gasteiger partial charge in [0.2, 0.25) is 0 Å². The molecule has 0 atom stereocenters. The van der Waals surface area contributed by atoms with E-state index in [0.717, 1.165) is 0 Å². The first-order valence-electron chi connectivity index (χ1n) is 8.60. The Morgan fingerprint density at radius 1 is 0.586 bits per heavy atom. The van der Waals surface area contributed by atoms with Crippen LogP contribution in [0.15, 0.2) is 87.5 Å². The minimum atomic E-state index is -11.1. The topological polar surface area (TPSA) is 0 Å². The van der Waals surface area contributed by atoms with Crippen molar-refractivity contribution in [3.63, 3.8) is 0 Å². The van der Waals surface area contributed by atoms with E-state index in [1.54, 1.807) is 0 Å². The van der Waals surface area contributed by atoms with Gasteiger partial charge >= 0.3 is 35.0 Å². The molecule has 0 aliphatic rings. The van der Waals surface area contributed by atoms with Crippen LogP contribution < -0.4 is 0 Å². The van der Waals surface area contributed by atoms with Gasteiger partial charge in [-0.2, -0.15) is 0 Å². The zero-order valence-corrected chi connectivity index (χ0v) is 18.7. The molecule has 0 unspecified atom stereocenters. The van der Waals surface area contributed by atoms with Gasteiger partial charge in [-0.15, -0.1) is 0 Å². The zero-order chi connectivity index (χ0) is 21.9. The van der Waals surface area contributed by atoms with Crippen molar-refractivity contribution in [1.29, 1.82) is 0 Å². The summed E-state index contributed by atoms with van der Waals surface area (Å²) in [5.74, 6) is 0. The van der Waals surface area contributed by atoms with Gasteiger partial charge in [-0.1, -0.05) is 54.1 Å². The number of aryl methyl sites for hydroxylation is 3. The first kappa shape index (κ1) is 23.4. The van der Waals surface area contributed by atoms with Crippen LogP contribution in [0.2, 0.25) is 0 Å². The molecule has 8 heteroatoms. The van der Waals surface area contributed by atoms with Crippen molar-refractivity contribution < 1.29 is 20.8 Å². The van der Waals surface area contributed by atoms with Crippen LogP contribution in [0.3, 0.4) is 0 Å². The first-order valence-corrected chi connectivity index (χ1v) is 14.1. The first-order chi connectivity index (χ1) is 13.1. The molecule has 0 nitrogen and oxygen atoms in total. The molecule has 0 saturated carbocycles. The molecular formula is C21H21AsF6S. The summed E-state index contributed by atoms with van der Waals surface area (Å²) in [6.45, 7) is 6.65. The third-order valence-electron chi connectivity index (χ3n) is 3.77. The van der Waals surface area contributed by atoms with Crippen molar-refractivity contribution >= 4 is 25.1 Å². The maximum absolute atomic E-state index is 11.1. The Balaban J connectivity index is 0.000000370. The maximum atomic E-state index is 9.91. The van der Waals surface area contributed by atoms with E-state index in [2.05, 4.69) is 93.6 Å². The summed E-state index contributed by atoms with van der Waals surface area (Å²) in [4.78, 5) is 4.22. The van der Waals surface area contributed by atoms with Crippen molar-refractivity contribution in [3.8, 4) is 0 Å². The molecule has 3 rings (SSSR count). The van der Waals surface area contributed by atoms with Crippen LogP contribution in [-0.4, -0.2) is 14.2 Å². The van der Waals surface area contributed by atoms with Crippen LogP contribution in [0.5, 0.6) is 0 Å². The Morgan fingerprint density at radius 2 is 0.897 bits per heavy atom. The van der Waals surface area contributed by atoms with Crippen LogP contribution in [0.1, 0.15) is 16.7 Å². The summed E-state index contributed by atoms with van der Waals surface area (Å²) in [5.41, 5.74) is 4.10. The number of hydrogen-bond donors (Lipinski definition) is 0. The standard InChI is InChI=1S/C21H21S.AsF6/c1-16-14-17(2)21(18(3)15-16)22(19-10-6-4-7-11-19)20-12-8-5-9-13-20;2-1(3,4,5,6)7/h4-15H,1-3H3;/q+1;-1. The Morgan fingerprint density at radius 3 is 1.21 bits per heavy atom. The van der Waals surface area contributed by atoms with Gasteiger partial charge in [0.1, 0.15) is 0 Å². The normalized spacial score (nSPS) is 13.9. The predicted molar refractivity (Wildman–Crippen MR) is 108 cm³/mol. The van der Waals surface area contributed by atoms with Crippen LogP contribution in [0.25, 0.3) is 0 Å². The van der Waals surface area contributed by atoms with Crippen molar-refractivity contribution in [2.24, 2.45) is 0 Å². The van der Waals surface area contributed by atoms with Gasteiger partial charge in [-0.25, -0.2) is 0 Å². The fourth-order valence-corrected chi connectivity index (χ4v) is 5.34. The van der Waals surface area contributed by atoms with E-state index in [9.17, 15) is 20.8 Å². The molecule has 3 aromatic carbocycles. The quantitative estimate of drug-likeness (QED) is 0.198. The summed E-state index contributed by atoms with van der Waals surface area (Å²) >= 11 is -11.1. The van der Waals surface area contributed by atoms with E-state index >= 15 is 0 Å². The van der Waals surface area contributed by atoms with Crippen LogP contribution in [0.4, 0.5) is 20.8 Å². The summed E-state index contributed by atoms with van der Waals surface area (Å²) in [6, 6.07) is 26.3. The van der Waals surface area contributed by atoms with Crippen molar-refractivity contribution in [1.82, 2.24) is 0 Å². The molecule has 0 spiro atoms. The summed E-state index contributed by atoms with van der Waals surface area (Å²) < 4.78 is 59.4. The number of halogens is 6. The molecule has 0 fully saturated rings. The van der Waals surface area contributed by atoms with Crippen molar-refractivity contribution in [2.45, 2.75) is 35.5 Å². The second-order valence-corrected chi connectivity index (χ2v) is 12.6. The number of rotatable bonds is 3. The Kier molecular flexibility index (Phi) is 6.27. The Hall–Kier alpha value is -1.85. The van der Waals surface area contributed by atoms with Crippen molar-refractivity contribution in [3.05, 3.63) is 89.5 Å². The Labute approximate surface area is 170 Å². The molecule has 0 aliphatic heterocycles. The summed E-state index contributed by atoms with van der Waals surface area (Å²) in [6.07, 6.45) is 0. The van der Waals surface area contributed by atoms with E-state index < -0.39 is 14.2 Å². The fourth-order valence-electron chi connectivity index (χ4n) is 2.97. The molecule has 29 heavy (non-hydrogen) atoms. The average Bonchev–Trinajstić information content (AvgIpc) is 2.57. The number of benzene rings is 3. The fraction of sp³-hybridized carbons (Fsp3) is 0.143. The monoisotopic (exact) mass is 494 g/mol. The molecule has 0 N–H and O–H groups in total. The summed E-state index contributed by atoms with van der Waals surface area (Å²) in [5, 5.41) is 0. The SMILES string of the molecule is Cc1cc(C)c([S+](c2ccccc2)c2ccccc2)c(C)c1.F[As-](F)(F)(F)(F)F. The van der Waals surface area contributed by atoms with Crippen LogP contribution >= 0.6 is 0 Å². The third-order valence-corrected chi connectivity index (χ3v) is 6.31. The molecule has 0 aliphatic carbocycles. The third kappa shape index (κ3) is 8.58. The van der Waals surface area contributed by atoms with Crippen LogP contribution in [-0.2, 0) is 10.9 Å². The molecule has 158 valence electrons. The van der Waals surface area contributed by atoms with Gasteiger partial charge in [0.05, 0.1) is 10.9 Å². The molecular weight excluding hydrogens is 473 g/mol. The van der Waals surface area contributed by atoms with E-state index in [4.69, 9.17) is 0 Å². The Bertz CT molecular complexity index is 897. The zero-order valence-electron chi connectivity index (χ0n) is 16.1. The van der Waals surface area contributed by atoms with Crippen LogP contribution in [0, 0.1) is 20.8 Å². The van der Waals surface area contributed by atoms with E-state index in [0.29, 0.717) is 0 Å². The van der Waals surface area contributed by atoms with Gasteiger partial charge in [0.15, 0.2) is 14.7 Å². The van der Waals surface area contributed by atoms with Gasteiger partial charge < -0.3 is 0 Å². The molecule has 0 aromatic heterocycles. The van der Waals surface area contributed by atoms with Crippen molar-refractivity contribution in [2.75, 3.05) is 0 Å². The van der Waals surface area contributed by atoms with E-state index in [-0.39, 0.29) is 10.9 Å². The molecule has 0 radical (unpaired) electrons. The van der Waals surface area contributed by atoms with Gasteiger partial charge in [0, 0.05) is 11.1 Å². The van der Waals surface area contributed by atoms with Gasteiger partial charge in [-0.3, -0.25) is 0 Å². The predicted octanol–water partition coefficient (Wildman–Crippen LogP) is 7.85. The molecule has 0 bridgehead atoms. The van der Waals surface area contributed by atoms with E-state index in [1.165, 1.54) is 31.4 Å². The second-order valence-electron chi connectivity index (χ2n) is 6.62. The average molecular weight is 494 g/mol. The molecule has 3 aromatic rings.